The second kappa shape index (κ2) is 7.50. The number of aliphatic hydroxyl groups is 1. The van der Waals surface area contributed by atoms with Crippen molar-refractivity contribution >= 4 is 5.91 Å². The summed E-state index contributed by atoms with van der Waals surface area (Å²) in [6, 6.07) is 7.66. The van der Waals surface area contributed by atoms with E-state index in [0.717, 1.165) is 24.3 Å². The van der Waals surface area contributed by atoms with Gasteiger partial charge in [-0.05, 0) is 35.0 Å². The number of aromatic nitrogens is 4. The molecule has 8 heteroatoms. The number of carbonyl (C=O) groups excluding carboxylic acids is 1. The highest BCUT2D eigenvalue weighted by atomic mass is 16.3. The predicted molar refractivity (Wildman–Crippen MR) is 87.6 cm³/mol. The van der Waals surface area contributed by atoms with Gasteiger partial charge >= 0.3 is 0 Å². The van der Waals surface area contributed by atoms with Crippen LogP contribution in [0.4, 0.5) is 0 Å². The number of tetrazole rings is 1. The number of piperazine rings is 1. The van der Waals surface area contributed by atoms with Crippen LogP contribution in [-0.2, 0) is 11.2 Å². The summed E-state index contributed by atoms with van der Waals surface area (Å²) in [6.45, 7) is 5.52. The van der Waals surface area contributed by atoms with E-state index < -0.39 is 0 Å². The number of amides is 1. The molecule has 1 N–H and O–H groups in total. The van der Waals surface area contributed by atoms with Crippen LogP contribution in [0.3, 0.4) is 0 Å². The summed E-state index contributed by atoms with van der Waals surface area (Å²) >= 11 is 0. The summed E-state index contributed by atoms with van der Waals surface area (Å²) in [7, 11) is 0. The lowest BCUT2D eigenvalue weighted by Crippen LogP contribution is -2.50. The third-order valence-corrected chi connectivity index (χ3v) is 4.15. The summed E-state index contributed by atoms with van der Waals surface area (Å²) in [5.74, 6) is 0.141. The summed E-state index contributed by atoms with van der Waals surface area (Å²) in [6.07, 6.45) is 1.60. The first-order valence-corrected chi connectivity index (χ1v) is 8.12. The summed E-state index contributed by atoms with van der Waals surface area (Å²) in [5, 5.41) is 20.5. The zero-order valence-corrected chi connectivity index (χ0v) is 13.7. The molecule has 0 bridgehead atoms. The molecule has 2 aromatic rings. The second-order valence-corrected chi connectivity index (χ2v) is 6.13. The van der Waals surface area contributed by atoms with Gasteiger partial charge in [0.1, 0.15) is 6.33 Å². The van der Waals surface area contributed by atoms with Gasteiger partial charge in [0, 0.05) is 32.7 Å². The highest BCUT2D eigenvalue weighted by molar-refractivity contribution is 5.79. The maximum Gasteiger partial charge on any atom is 0.227 e. The molecule has 2 heterocycles. The number of hydrogen-bond donors (Lipinski definition) is 1. The van der Waals surface area contributed by atoms with Crippen LogP contribution in [0, 0.1) is 0 Å². The molecule has 0 radical (unpaired) electrons. The molecule has 1 aromatic carbocycles. The Kier molecular flexibility index (Phi) is 5.17. The molecular weight excluding hydrogens is 308 g/mol. The third-order valence-electron chi connectivity index (χ3n) is 4.15. The van der Waals surface area contributed by atoms with Crippen molar-refractivity contribution in [2.75, 3.05) is 32.7 Å². The van der Waals surface area contributed by atoms with Gasteiger partial charge in [0.15, 0.2) is 0 Å². The van der Waals surface area contributed by atoms with E-state index in [-0.39, 0.29) is 12.0 Å². The number of benzene rings is 1. The molecule has 3 rings (SSSR count). The molecule has 1 aliphatic rings. The fraction of sp³-hybridized carbons (Fsp3) is 0.500. The van der Waals surface area contributed by atoms with Crippen molar-refractivity contribution < 1.29 is 9.90 Å². The van der Waals surface area contributed by atoms with Gasteiger partial charge in [-0.2, -0.15) is 0 Å². The van der Waals surface area contributed by atoms with E-state index in [4.69, 9.17) is 0 Å². The Hall–Kier alpha value is -2.32. The molecule has 0 saturated carbocycles. The smallest absolute Gasteiger partial charge is 0.227 e. The van der Waals surface area contributed by atoms with Gasteiger partial charge in [-0.15, -0.1) is 5.10 Å². The fourth-order valence-electron chi connectivity index (χ4n) is 2.89. The average Bonchev–Trinajstić information content (AvgIpc) is 3.10. The maximum absolute atomic E-state index is 12.4. The molecule has 1 aromatic heterocycles. The zero-order valence-electron chi connectivity index (χ0n) is 13.7. The molecule has 8 nitrogen and oxygen atoms in total. The zero-order chi connectivity index (χ0) is 16.9. The lowest BCUT2D eigenvalue weighted by atomic mass is 10.1. The topological polar surface area (TPSA) is 87.4 Å². The Bertz CT molecular complexity index is 648. The quantitative estimate of drug-likeness (QED) is 0.812. The van der Waals surface area contributed by atoms with E-state index >= 15 is 0 Å². The van der Waals surface area contributed by atoms with Crippen molar-refractivity contribution in [1.29, 1.82) is 0 Å². The van der Waals surface area contributed by atoms with Gasteiger partial charge in [0.05, 0.1) is 18.2 Å². The van der Waals surface area contributed by atoms with Crippen molar-refractivity contribution in [3.8, 4) is 5.69 Å². The third kappa shape index (κ3) is 4.15. The van der Waals surface area contributed by atoms with E-state index in [0.29, 0.717) is 26.1 Å². The van der Waals surface area contributed by atoms with E-state index in [1.165, 1.54) is 6.33 Å². The summed E-state index contributed by atoms with van der Waals surface area (Å²) in [5.41, 5.74) is 1.84. The normalized spacial score (nSPS) is 17.0. The number of aliphatic hydroxyl groups excluding tert-OH is 1. The molecule has 0 unspecified atom stereocenters. The lowest BCUT2D eigenvalue weighted by Gasteiger charge is -2.35. The van der Waals surface area contributed by atoms with Crippen molar-refractivity contribution in [2.45, 2.75) is 19.4 Å². The largest absolute Gasteiger partial charge is 0.392 e. The summed E-state index contributed by atoms with van der Waals surface area (Å²) in [4.78, 5) is 16.5. The molecule has 1 aliphatic heterocycles. The van der Waals surface area contributed by atoms with Crippen LogP contribution in [-0.4, -0.2) is 79.8 Å². The second-order valence-electron chi connectivity index (χ2n) is 6.13. The van der Waals surface area contributed by atoms with Gasteiger partial charge < -0.3 is 10.0 Å². The van der Waals surface area contributed by atoms with Crippen molar-refractivity contribution in [2.24, 2.45) is 0 Å². The molecule has 1 fully saturated rings. The monoisotopic (exact) mass is 330 g/mol. The first-order valence-electron chi connectivity index (χ1n) is 8.12. The van der Waals surface area contributed by atoms with E-state index in [1.807, 2.05) is 29.2 Å². The van der Waals surface area contributed by atoms with Crippen LogP contribution in [0.1, 0.15) is 12.5 Å². The summed E-state index contributed by atoms with van der Waals surface area (Å²) < 4.78 is 1.58. The Morgan fingerprint density at radius 1 is 1.21 bits per heavy atom. The first-order chi connectivity index (χ1) is 11.6. The minimum atomic E-state index is -0.328. The van der Waals surface area contributed by atoms with Crippen LogP contribution >= 0.6 is 0 Å². The Balaban J connectivity index is 1.52. The van der Waals surface area contributed by atoms with Gasteiger partial charge in [-0.1, -0.05) is 12.1 Å². The van der Waals surface area contributed by atoms with Gasteiger partial charge in [0.2, 0.25) is 5.91 Å². The van der Waals surface area contributed by atoms with Crippen LogP contribution < -0.4 is 0 Å². The molecule has 1 saturated heterocycles. The standard InChI is InChI=1S/C16H22N6O2/c1-13(23)11-20-6-8-21(9-7-20)16(24)10-14-2-4-15(5-3-14)22-12-17-18-19-22/h2-5,12-13,23H,6-11H2,1H3/t13-/m1/s1. The molecule has 128 valence electrons. The van der Waals surface area contributed by atoms with E-state index in [1.54, 1.807) is 11.6 Å². The number of rotatable bonds is 5. The van der Waals surface area contributed by atoms with Crippen molar-refractivity contribution in [1.82, 2.24) is 30.0 Å². The Labute approximate surface area is 140 Å². The van der Waals surface area contributed by atoms with Crippen molar-refractivity contribution in [3.05, 3.63) is 36.2 Å². The SMILES string of the molecule is C[C@@H](O)CN1CCN(C(=O)Cc2ccc(-n3cnnn3)cc2)CC1. The highest BCUT2D eigenvalue weighted by Gasteiger charge is 2.21. The van der Waals surface area contributed by atoms with Gasteiger partial charge in [-0.3, -0.25) is 9.69 Å². The number of carbonyl (C=O) groups is 1. The van der Waals surface area contributed by atoms with Gasteiger partial charge in [0.25, 0.3) is 0 Å². The van der Waals surface area contributed by atoms with Crippen LogP contribution in [0.2, 0.25) is 0 Å². The molecule has 0 spiro atoms. The highest BCUT2D eigenvalue weighted by Crippen LogP contribution is 2.11. The number of β-amino-alcohol motifs (C(OH)–C–C–N with tert-alkyl or cyclic N) is 1. The molecule has 24 heavy (non-hydrogen) atoms. The predicted octanol–water partition coefficient (Wildman–Crippen LogP) is -0.270. The Morgan fingerprint density at radius 3 is 2.50 bits per heavy atom. The maximum atomic E-state index is 12.4. The van der Waals surface area contributed by atoms with Crippen LogP contribution in [0.15, 0.2) is 30.6 Å². The first kappa shape index (κ1) is 16.5. The fourth-order valence-corrected chi connectivity index (χ4v) is 2.89. The Morgan fingerprint density at radius 2 is 1.92 bits per heavy atom. The molecular formula is C16H22N6O2. The van der Waals surface area contributed by atoms with Crippen molar-refractivity contribution in [3.63, 3.8) is 0 Å². The molecule has 0 aliphatic carbocycles. The minimum Gasteiger partial charge on any atom is -0.392 e. The molecule has 1 amide bonds. The lowest BCUT2D eigenvalue weighted by molar-refractivity contribution is -0.132. The van der Waals surface area contributed by atoms with Crippen LogP contribution in [0.5, 0.6) is 0 Å². The molecule has 1 atom stereocenters. The number of nitrogens with zero attached hydrogens (tertiary/aromatic N) is 6. The van der Waals surface area contributed by atoms with Crippen LogP contribution in [0.25, 0.3) is 5.69 Å². The average molecular weight is 330 g/mol. The number of hydrogen-bond acceptors (Lipinski definition) is 6. The van der Waals surface area contributed by atoms with Gasteiger partial charge in [-0.25, -0.2) is 4.68 Å². The van der Waals surface area contributed by atoms with E-state index in [9.17, 15) is 9.90 Å². The van der Waals surface area contributed by atoms with E-state index in [2.05, 4.69) is 20.4 Å². The minimum absolute atomic E-state index is 0.141.